The van der Waals surface area contributed by atoms with E-state index in [1.54, 1.807) is 6.20 Å². The minimum absolute atomic E-state index is 0.188. The number of alkyl halides is 8. The number of hydrazine groups is 1. The van der Waals surface area contributed by atoms with Gasteiger partial charge in [-0.05, 0) is 101 Å². The van der Waals surface area contributed by atoms with E-state index in [0.717, 1.165) is 70.8 Å². The number of alkyl carbamates (subject to hydrolysis) is 1. The molecule has 5 heterocycles. The minimum Gasteiger partial charge on any atom is -0.465 e. The molecule has 7 atom stereocenters. The average molecular weight is 1160 g/mol. The third-order valence-corrected chi connectivity index (χ3v) is 14.9. The van der Waals surface area contributed by atoms with Gasteiger partial charge in [0.15, 0.2) is 0 Å². The predicted octanol–water partition coefficient (Wildman–Crippen LogP) is 6.92. The van der Waals surface area contributed by atoms with Gasteiger partial charge in [-0.2, -0.15) is 40.2 Å². The monoisotopic (exact) mass is 1150 g/mol. The van der Waals surface area contributed by atoms with Crippen LogP contribution < -0.4 is 26.3 Å². The number of hydrogen-bond acceptors (Lipinski definition) is 12. The lowest BCUT2D eigenvalue weighted by molar-refractivity contribution is -0.221. The van der Waals surface area contributed by atoms with Gasteiger partial charge in [-0.25, -0.2) is 33.0 Å². The number of pyridine rings is 1. The second-order valence-corrected chi connectivity index (χ2v) is 21.1. The van der Waals surface area contributed by atoms with Crippen molar-refractivity contribution < 1.29 is 82.8 Å². The van der Waals surface area contributed by atoms with Gasteiger partial charge in [-0.15, -0.1) is 0 Å². The summed E-state index contributed by atoms with van der Waals surface area (Å²) >= 11 is 0. The third-order valence-electron chi connectivity index (χ3n) is 14.9. The Balaban J connectivity index is 1.17. The van der Waals surface area contributed by atoms with E-state index in [0.29, 0.717) is 74.1 Å². The SMILES string of the molecule is COC(=O)NC(C(=O)NC(Cc1ccc(C#Cc2ccc(N3CC4CCC(C3)N4[C@H]3CCOC3)nc2)cc1)C(O)CN(Cc1c(F)cc(-c2ccn(C(F)F)n2)cc1F)NC(=O)C(NC(=O)O)C(C)(C)C(F)(F)F)C(C)(C)C(F)(F)F. The van der Waals surface area contributed by atoms with Crippen molar-refractivity contribution in [3.05, 3.63) is 101 Å². The first kappa shape index (κ1) is 61.4. The Labute approximate surface area is 458 Å². The molecule has 28 heteroatoms. The number of carbonyl (C=O) groups is 4. The second kappa shape index (κ2) is 24.9. The van der Waals surface area contributed by atoms with Gasteiger partial charge in [0.2, 0.25) is 5.91 Å². The number of amides is 4. The lowest BCUT2D eigenvalue weighted by Crippen LogP contribution is -2.63. The van der Waals surface area contributed by atoms with Crippen molar-refractivity contribution in [2.45, 2.75) is 121 Å². The van der Waals surface area contributed by atoms with Crippen molar-refractivity contribution in [2.24, 2.45) is 10.8 Å². The number of halogens is 10. The van der Waals surface area contributed by atoms with Crippen LogP contribution in [0.15, 0.2) is 67.0 Å². The first-order valence-electron chi connectivity index (χ1n) is 25.5. The topological polar surface area (TPSA) is 216 Å². The third kappa shape index (κ3) is 14.5. The zero-order valence-corrected chi connectivity index (χ0v) is 44.3. The molecule has 0 saturated carbocycles. The molecule has 7 rings (SSSR count). The maximum atomic E-state index is 16.0. The summed E-state index contributed by atoms with van der Waals surface area (Å²) in [7, 11) is 0.812. The number of rotatable bonds is 19. The molecule has 4 amide bonds. The van der Waals surface area contributed by atoms with Crippen LogP contribution in [-0.2, 0) is 32.0 Å². The first-order valence-corrected chi connectivity index (χ1v) is 25.5. The van der Waals surface area contributed by atoms with Crippen molar-refractivity contribution in [3.8, 4) is 23.1 Å². The summed E-state index contributed by atoms with van der Waals surface area (Å²) in [6.45, 7) is -0.180. The summed E-state index contributed by atoms with van der Waals surface area (Å²) in [5, 5.41) is 31.1. The first-order chi connectivity index (χ1) is 38.0. The van der Waals surface area contributed by atoms with Crippen LogP contribution in [0.2, 0.25) is 0 Å². The summed E-state index contributed by atoms with van der Waals surface area (Å²) < 4.78 is 156. The molecule has 3 aliphatic rings. The van der Waals surface area contributed by atoms with Gasteiger partial charge in [0.25, 0.3) is 5.91 Å². The van der Waals surface area contributed by atoms with E-state index in [-0.39, 0.29) is 21.5 Å². The molecule has 3 fully saturated rings. The van der Waals surface area contributed by atoms with Crippen molar-refractivity contribution in [2.75, 3.05) is 44.9 Å². The highest BCUT2D eigenvalue weighted by atomic mass is 19.4. The highest BCUT2D eigenvalue weighted by Crippen LogP contribution is 2.42. The summed E-state index contributed by atoms with van der Waals surface area (Å²) in [6, 6.07) is 6.32. The second-order valence-electron chi connectivity index (χ2n) is 21.1. The Morgan fingerprint density at radius 1 is 0.815 bits per heavy atom. The Bertz CT molecular complexity index is 2910. The normalized spacial score (nSPS) is 19.3. The Morgan fingerprint density at radius 3 is 1.93 bits per heavy atom. The number of ether oxygens (including phenoxy) is 2. The summed E-state index contributed by atoms with van der Waals surface area (Å²) in [6.07, 6.45) is -11.0. The van der Waals surface area contributed by atoms with E-state index >= 15 is 8.78 Å². The smallest absolute Gasteiger partial charge is 0.407 e. The van der Waals surface area contributed by atoms with E-state index in [1.807, 2.05) is 22.9 Å². The number of nitrogens with zero attached hydrogens (tertiary/aromatic N) is 6. The minimum atomic E-state index is -5.29. The molecule has 4 aromatic rings. The number of anilines is 1. The van der Waals surface area contributed by atoms with Gasteiger partial charge >= 0.3 is 31.1 Å². The van der Waals surface area contributed by atoms with Crippen molar-refractivity contribution in [1.29, 1.82) is 0 Å². The van der Waals surface area contributed by atoms with E-state index < -0.39 is 115 Å². The van der Waals surface area contributed by atoms with Gasteiger partial charge in [-0.3, -0.25) is 19.9 Å². The molecule has 2 bridgehead atoms. The van der Waals surface area contributed by atoms with Crippen LogP contribution in [0.4, 0.5) is 59.3 Å². The molecule has 440 valence electrons. The number of aliphatic hydroxyl groups is 1. The number of hydrogen-bond donors (Lipinski definition) is 6. The molecule has 0 aliphatic carbocycles. The molecule has 81 heavy (non-hydrogen) atoms. The molecule has 6 N–H and O–H groups in total. The zero-order chi connectivity index (χ0) is 59.4. The van der Waals surface area contributed by atoms with Crippen molar-refractivity contribution in [1.82, 2.24) is 46.0 Å². The van der Waals surface area contributed by atoms with Crippen LogP contribution in [-0.4, -0.2) is 154 Å². The highest BCUT2D eigenvalue weighted by molar-refractivity contribution is 5.87. The maximum absolute atomic E-state index is 16.0. The molecule has 2 aromatic heterocycles. The molecule has 0 spiro atoms. The molecule has 3 aliphatic heterocycles. The van der Waals surface area contributed by atoms with Crippen LogP contribution in [0.3, 0.4) is 0 Å². The van der Waals surface area contributed by atoms with Gasteiger partial charge in [-0.1, -0.05) is 24.0 Å². The van der Waals surface area contributed by atoms with E-state index in [4.69, 9.17) is 4.74 Å². The number of carboxylic acid groups (broad SMARTS) is 1. The van der Waals surface area contributed by atoms with Gasteiger partial charge in [0.1, 0.15) is 29.5 Å². The Hall–Kier alpha value is -7.22. The van der Waals surface area contributed by atoms with Crippen LogP contribution in [0, 0.1) is 34.3 Å². The highest BCUT2D eigenvalue weighted by Gasteiger charge is 2.57. The molecular formula is C53H60F10N10O8. The molecule has 3 saturated heterocycles. The molecular weight excluding hydrogens is 1090 g/mol. The van der Waals surface area contributed by atoms with Crippen molar-refractivity contribution >= 4 is 29.8 Å². The maximum Gasteiger partial charge on any atom is 0.407 e. The fourth-order valence-corrected chi connectivity index (χ4v) is 9.99. The lowest BCUT2D eigenvalue weighted by atomic mass is 9.82. The fourth-order valence-electron chi connectivity index (χ4n) is 9.99. The number of benzene rings is 2. The molecule has 2 aromatic carbocycles. The summed E-state index contributed by atoms with van der Waals surface area (Å²) in [4.78, 5) is 61.6. The van der Waals surface area contributed by atoms with E-state index in [2.05, 4.69) is 41.8 Å². The van der Waals surface area contributed by atoms with Gasteiger partial charge in [0, 0.05) is 85.6 Å². The largest absolute Gasteiger partial charge is 0.465 e. The summed E-state index contributed by atoms with van der Waals surface area (Å²) in [5.74, 6) is 0.625. The van der Waals surface area contributed by atoms with E-state index in [9.17, 15) is 64.5 Å². The van der Waals surface area contributed by atoms with Gasteiger partial charge < -0.3 is 40.5 Å². The number of methoxy groups -OCH3 is 1. The number of carbonyl (C=O) groups excluding carboxylic acids is 3. The number of piperazine rings is 1. The number of nitrogens with one attached hydrogen (secondary N) is 4. The van der Waals surface area contributed by atoms with Crippen LogP contribution in [0.1, 0.15) is 75.8 Å². The lowest BCUT2D eigenvalue weighted by Gasteiger charge is -2.44. The Kier molecular flexibility index (Phi) is 18.9. The molecule has 6 unspecified atom stereocenters. The van der Waals surface area contributed by atoms with E-state index in [1.165, 1.54) is 29.6 Å². The number of aromatic nitrogens is 3. The number of fused-ring (bicyclic) bond motifs is 2. The quantitative estimate of drug-likeness (QED) is 0.0320. The van der Waals surface area contributed by atoms with Crippen LogP contribution >= 0.6 is 0 Å². The zero-order valence-electron chi connectivity index (χ0n) is 44.3. The molecule has 0 radical (unpaired) electrons. The number of aliphatic hydroxyl groups excluding tert-OH is 1. The predicted molar refractivity (Wildman–Crippen MR) is 270 cm³/mol. The standard InChI is InChI=1S/C53H60F10N10O8/c1-50(2,52(58,59)60)43(67-49(79)80-5)45(75)65-40(20-30-9-6-29(7-10-30)8-11-31-12-15-42(64-23-31)70-24-33-13-14-34(25-70)73(33)35-17-19-81-28-35)41(74)27-71(69-46(76)44(66-48(77)78)51(3,4)53(61,62)63)26-36-37(54)21-32(22-38(36)55)39-16-18-72(68-39)47(56)57/h6-7,9-10,12,15-16,18,21-23,33-35,40-41,43-44,47,66,74H,13-14,17,19-20,24-28H2,1-5H3,(H,65,75)(H,67,79)(H,69,76)(H,77,78)/t33?,34?,35-,40?,41?,43?,44?/m0/s1. The molecule has 18 nitrogen and oxygen atoms in total. The average Bonchev–Trinajstić information content (AvgIpc) is 4.19. The van der Waals surface area contributed by atoms with Crippen LogP contribution in [0.5, 0.6) is 0 Å². The van der Waals surface area contributed by atoms with Crippen molar-refractivity contribution in [3.63, 3.8) is 0 Å². The fraction of sp³-hybridized carbons (Fsp3) is 0.509. The summed E-state index contributed by atoms with van der Waals surface area (Å²) in [5.41, 5.74) is -4.67. The van der Waals surface area contributed by atoms with Gasteiger partial charge in [0.05, 0.1) is 42.4 Å². The van der Waals surface area contributed by atoms with Crippen LogP contribution in [0.25, 0.3) is 11.3 Å². The Morgan fingerprint density at radius 2 is 1.41 bits per heavy atom.